The third-order valence-corrected chi connectivity index (χ3v) is 4.09. The Morgan fingerprint density at radius 2 is 2.20 bits per heavy atom. The van der Waals surface area contributed by atoms with Gasteiger partial charge in [0.2, 0.25) is 0 Å². The van der Waals surface area contributed by atoms with E-state index in [-0.39, 0.29) is 12.2 Å². The Morgan fingerprint density at radius 3 is 3.05 bits per heavy atom. The normalized spacial score (nSPS) is 22.4. The highest BCUT2D eigenvalue weighted by Gasteiger charge is 2.26. The number of aromatic amines is 1. The molecule has 1 aliphatic rings. The Morgan fingerprint density at radius 1 is 1.35 bits per heavy atom. The predicted molar refractivity (Wildman–Crippen MR) is 77.4 cm³/mol. The van der Waals surface area contributed by atoms with Gasteiger partial charge in [-0.3, -0.25) is 4.79 Å². The Kier molecular flexibility index (Phi) is 3.80. The molecule has 5 nitrogen and oxygen atoms in total. The molecule has 0 aliphatic heterocycles. The average Bonchev–Trinajstić information content (AvgIpc) is 2.93. The molecule has 1 fully saturated rings. The monoisotopic (exact) mass is 273 g/mol. The van der Waals surface area contributed by atoms with Gasteiger partial charge in [0, 0.05) is 12.6 Å². The van der Waals surface area contributed by atoms with Crippen LogP contribution in [0.2, 0.25) is 0 Å². The van der Waals surface area contributed by atoms with Crippen LogP contribution in [0.4, 0.5) is 0 Å². The fraction of sp³-hybridized carbons (Fsp3) is 0.467. The maximum atomic E-state index is 12.0. The number of nitrogens with zero attached hydrogens (tertiary/aromatic N) is 1. The number of rotatable bonds is 4. The van der Waals surface area contributed by atoms with Gasteiger partial charge in [0.25, 0.3) is 5.56 Å². The lowest BCUT2D eigenvalue weighted by molar-refractivity contribution is 0.204. The summed E-state index contributed by atoms with van der Waals surface area (Å²) in [7, 11) is 0. The lowest BCUT2D eigenvalue weighted by atomic mass is 10.1. The van der Waals surface area contributed by atoms with Crippen molar-refractivity contribution < 1.29 is 5.11 Å². The lowest BCUT2D eigenvalue weighted by Crippen LogP contribution is -2.34. The Hall–Kier alpha value is -1.72. The van der Waals surface area contributed by atoms with Gasteiger partial charge in [-0.1, -0.05) is 18.6 Å². The van der Waals surface area contributed by atoms with E-state index in [0.29, 0.717) is 29.7 Å². The number of nitrogens with one attached hydrogen (secondary N) is 2. The summed E-state index contributed by atoms with van der Waals surface area (Å²) in [6, 6.07) is 7.65. The summed E-state index contributed by atoms with van der Waals surface area (Å²) in [6.07, 6.45) is 3.28. The molecule has 3 N–H and O–H groups in total. The summed E-state index contributed by atoms with van der Waals surface area (Å²) < 4.78 is 0. The zero-order valence-corrected chi connectivity index (χ0v) is 11.3. The van der Waals surface area contributed by atoms with Crippen LogP contribution in [0.1, 0.15) is 25.1 Å². The van der Waals surface area contributed by atoms with Crippen LogP contribution < -0.4 is 10.9 Å². The number of aromatic nitrogens is 2. The smallest absolute Gasteiger partial charge is 0.258 e. The van der Waals surface area contributed by atoms with E-state index in [9.17, 15) is 9.90 Å². The fourth-order valence-corrected chi connectivity index (χ4v) is 2.97. The van der Waals surface area contributed by atoms with Gasteiger partial charge in [-0.15, -0.1) is 0 Å². The Balaban J connectivity index is 1.76. The molecule has 106 valence electrons. The minimum atomic E-state index is -0.0995. The number of aliphatic hydroxyl groups excluding tert-OH is 1. The summed E-state index contributed by atoms with van der Waals surface area (Å²) in [5, 5.41) is 13.3. The van der Waals surface area contributed by atoms with Crippen LogP contribution in [0.25, 0.3) is 10.9 Å². The average molecular weight is 273 g/mol. The molecule has 0 radical (unpaired) electrons. The highest BCUT2D eigenvalue weighted by molar-refractivity contribution is 5.77. The maximum absolute atomic E-state index is 12.0. The third-order valence-electron chi connectivity index (χ3n) is 4.09. The first-order valence-corrected chi connectivity index (χ1v) is 7.10. The predicted octanol–water partition coefficient (Wildman–Crippen LogP) is 1.17. The highest BCUT2D eigenvalue weighted by Crippen LogP contribution is 2.25. The van der Waals surface area contributed by atoms with E-state index in [1.165, 1.54) is 0 Å². The number of hydrogen-bond donors (Lipinski definition) is 3. The molecular weight excluding hydrogens is 254 g/mol. The van der Waals surface area contributed by atoms with E-state index in [4.69, 9.17) is 0 Å². The van der Waals surface area contributed by atoms with Crippen LogP contribution in [0.3, 0.4) is 0 Å². The zero-order chi connectivity index (χ0) is 13.9. The van der Waals surface area contributed by atoms with Crippen molar-refractivity contribution in [3.05, 3.63) is 40.4 Å². The summed E-state index contributed by atoms with van der Waals surface area (Å²) >= 11 is 0. The van der Waals surface area contributed by atoms with Crippen LogP contribution >= 0.6 is 0 Å². The standard InChI is InChI=1S/C15H19N3O2/c19-9-10-4-3-7-12(10)16-8-14-17-13-6-2-1-5-11(13)15(20)18-14/h1-2,5-6,10,12,16,19H,3-4,7-9H2,(H,17,18,20). The van der Waals surface area contributed by atoms with Gasteiger partial charge in [-0.25, -0.2) is 4.98 Å². The number of hydrogen-bond acceptors (Lipinski definition) is 4. The van der Waals surface area contributed by atoms with Crippen LogP contribution in [0.5, 0.6) is 0 Å². The van der Waals surface area contributed by atoms with Gasteiger partial charge in [0.05, 0.1) is 17.4 Å². The summed E-state index contributed by atoms with van der Waals surface area (Å²) in [4.78, 5) is 19.2. The second-order valence-corrected chi connectivity index (χ2v) is 5.39. The zero-order valence-electron chi connectivity index (χ0n) is 11.3. The SMILES string of the molecule is O=c1[nH]c(CNC2CCCC2CO)nc2ccccc12. The number of para-hydroxylation sites is 1. The molecule has 0 saturated heterocycles. The second kappa shape index (κ2) is 5.73. The van der Waals surface area contributed by atoms with Gasteiger partial charge in [-0.2, -0.15) is 0 Å². The van der Waals surface area contributed by atoms with Crippen molar-refractivity contribution in [3.8, 4) is 0 Å². The molecule has 2 atom stereocenters. The van der Waals surface area contributed by atoms with E-state index in [0.717, 1.165) is 24.8 Å². The molecule has 2 aromatic rings. The lowest BCUT2D eigenvalue weighted by Gasteiger charge is -2.18. The van der Waals surface area contributed by atoms with Crippen LogP contribution in [0, 0.1) is 5.92 Å². The number of benzene rings is 1. The molecule has 2 unspecified atom stereocenters. The van der Waals surface area contributed by atoms with Crippen molar-refractivity contribution in [2.75, 3.05) is 6.61 Å². The molecule has 0 spiro atoms. The summed E-state index contributed by atoms with van der Waals surface area (Å²) in [6.45, 7) is 0.751. The summed E-state index contributed by atoms with van der Waals surface area (Å²) in [5.74, 6) is 0.972. The van der Waals surface area contributed by atoms with Crippen molar-refractivity contribution in [1.82, 2.24) is 15.3 Å². The fourth-order valence-electron chi connectivity index (χ4n) is 2.97. The largest absolute Gasteiger partial charge is 0.396 e. The van der Waals surface area contributed by atoms with E-state index in [2.05, 4.69) is 15.3 Å². The van der Waals surface area contributed by atoms with Crippen LogP contribution in [-0.2, 0) is 6.54 Å². The number of fused-ring (bicyclic) bond motifs is 1. The van der Waals surface area contributed by atoms with Crippen molar-refractivity contribution in [2.45, 2.75) is 31.8 Å². The van der Waals surface area contributed by atoms with Gasteiger partial charge in [0.1, 0.15) is 5.82 Å². The second-order valence-electron chi connectivity index (χ2n) is 5.39. The molecule has 5 heteroatoms. The molecule has 1 aromatic heterocycles. The van der Waals surface area contributed by atoms with E-state index in [1.54, 1.807) is 6.07 Å². The molecule has 3 rings (SSSR count). The maximum Gasteiger partial charge on any atom is 0.258 e. The summed E-state index contributed by atoms with van der Waals surface area (Å²) in [5.41, 5.74) is 0.621. The van der Waals surface area contributed by atoms with Crippen molar-refractivity contribution in [3.63, 3.8) is 0 Å². The van der Waals surface area contributed by atoms with Gasteiger partial charge in [0.15, 0.2) is 0 Å². The molecule has 1 saturated carbocycles. The quantitative estimate of drug-likeness (QED) is 0.781. The van der Waals surface area contributed by atoms with E-state index >= 15 is 0 Å². The highest BCUT2D eigenvalue weighted by atomic mass is 16.3. The van der Waals surface area contributed by atoms with Crippen LogP contribution in [0.15, 0.2) is 29.1 Å². The molecule has 1 heterocycles. The third kappa shape index (κ3) is 2.59. The first-order valence-electron chi connectivity index (χ1n) is 7.10. The molecule has 1 aromatic carbocycles. The van der Waals surface area contributed by atoms with Crippen LogP contribution in [-0.4, -0.2) is 27.7 Å². The Labute approximate surface area is 117 Å². The molecule has 1 aliphatic carbocycles. The number of H-pyrrole nitrogens is 1. The van der Waals surface area contributed by atoms with Gasteiger partial charge < -0.3 is 15.4 Å². The van der Waals surface area contributed by atoms with Gasteiger partial charge in [-0.05, 0) is 30.9 Å². The van der Waals surface area contributed by atoms with Crippen molar-refractivity contribution in [1.29, 1.82) is 0 Å². The number of aliphatic hydroxyl groups is 1. The molecular formula is C15H19N3O2. The minimum Gasteiger partial charge on any atom is -0.396 e. The first-order chi connectivity index (χ1) is 9.78. The first kappa shape index (κ1) is 13.3. The Bertz CT molecular complexity index is 653. The molecule has 20 heavy (non-hydrogen) atoms. The van der Waals surface area contributed by atoms with E-state index < -0.39 is 0 Å². The molecule has 0 amide bonds. The van der Waals surface area contributed by atoms with Gasteiger partial charge >= 0.3 is 0 Å². The van der Waals surface area contributed by atoms with Crippen molar-refractivity contribution in [2.24, 2.45) is 5.92 Å². The van der Waals surface area contributed by atoms with E-state index in [1.807, 2.05) is 18.2 Å². The van der Waals surface area contributed by atoms with Crippen molar-refractivity contribution >= 4 is 10.9 Å². The molecule has 0 bridgehead atoms. The topological polar surface area (TPSA) is 78.0 Å². The minimum absolute atomic E-state index is 0.0995.